The van der Waals surface area contributed by atoms with Gasteiger partial charge in [-0.05, 0) is 24.0 Å². The van der Waals surface area contributed by atoms with Gasteiger partial charge in [-0.3, -0.25) is 4.79 Å². The Morgan fingerprint density at radius 3 is 2.87 bits per heavy atom. The van der Waals surface area contributed by atoms with Gasteiger partial charge in [-0.2, -0.15) is 0 Å². The van der Waals surface area contributed by atoms with Gasteiger partial charge in [0.05, 0.1) is 6.61 Å². The highest BCUT2D eigenvalue weighted by atomic mass is 16.5. The summed E-state index contributed by atoms with van der Waals surface area (Å²) in [6.45, 7) is 4.77. The predicted molar refractivity (Wildman–Crippen MR) is 94.2 cm³/mol. The SMILES string of the molecule is CCCCCC(C)COC(=O)[C@@H](N)Cc1c[nH]c2ccccc12. The van der Waals surface area contributed by atoms with E-state index in [-0.39, 0.29) is 5.97 Å². The number of para-hydroxylation sites is 1. The molecule has 0 bridgehead atoms. The lowest BCUT2D eigenvalue weighted by atomic mass is 10.0. The van der Waals surface area contributed by atoms with E-state index in [0.717, 1.165) is 22.9 Å². The van der Waals surface area contributed by atoms with Crippen LogP contribution in [0.1, 0.15) is 45.1 Å². The van der Waals surface area contributed by atoms with Crippen molar-refractivity contribution in [3.63, 3.8) is 0 Å². The van der Waals surface area contributed by atoms with Crippen molar-refractivity contribution in [1.82, 2.24) is 4.98 Å². The smallest absolute Gasteiger partial charge is 0.323 e. The summed E-state index contributed by atoms with van der Waals surface area (Å²) in [5.41, 5.74) is 8.14. The van der Waals surface area contributed by atoms with Crippen LogP contribution in [0.15, 0.2) is 30.5 Å². The van der Waals surface area contributed by atoms with Gasteiger partial charge in [-0.15, -0.1) is 0 Å². The molecule has 0 radical (unpaired) electrons. The van der Waals surface area contributed by atoms with E-state index in [2.05, 4.69) is 18.8 Å². The van der Waals surface area contributed by atoms with Crippen molar-refractivity contribution in [2.24, 2.45) is 11.7 Å². The van der Waals surface area contributed by atoms with E-state index in [0.29, 0.717) is 18.9 Å². The Morgan fingerprint density at radius 2 is 2.09 bits per heavy atom. The van der Waals surface area contributed by atoms with Gasteiger partial charge in [-0.25, -0.2) is 0 Å². The molecule has 126 valence electrons. The first kappa shape index (κ1) is 17.5. The fourth-order valence-electron chi connectivity index (χ4n) is 2.78. The van der Waals surface area contributed by atoms with Crippen molar-refractivity contribution in [3.05, 3.63) is 36.0 Å². The summed E-state index contributed by atoms with van der Waals surface area (Å²) in [5, 5.41) is 1.11. The Bertz CT molecular complexity index is 621. The molecule has 1 aromatic carbocycles. The Morgan fingerprint density at radius 1 is 1.30 bits per heavy atom. The van der Waals surface area contributed by atoms with Crippen molar-refractivity contribution < 1.29 is 9.53 Å². The van der Waals surface area contributed by atoms with Gasteiger partial charge in [0.1, 0.15) is 6.04 Å². The number of benzene rings is 1. The van der Waals surface area contributed by atoms with Crippen LogP contribution in [-0.4, -0.2) is 23.6 Å². The van der Waals surface area contributed by atoms with Crippen LogP contribution in [0.3, 0.4) is 0 Å². The number of aromatic nitrogens is 1. The molecule has 23 heavy (non-hydrogen) atoms. The van der Waals surface area contributed by atoms with Gasteiger partial charge in [0, 0.05) is 23.5 Å². The molecule has 0 fully saturated rings. The zero-order valence-electron chi connectivity index (χ0n) is 14.2. The zero-order chi connectivity index (χ0) is 16.7. The molecule has 0 saturated heterocycles. The molecule has 0 aliphatic rings. The van der Waals surface area contributed by atoms with E-state index in [1.165, 1.54) is 19.3 Å². The normalized spacial score (nSPS) is 13.9. The fourth-order valence-corrected chi connectivity index (χ4v) is 2.78. The monoisotopic (exact) mass is 316 g/mol. The highest BCUT2D eigenvalue weighted by molar-refractivity contribution is 5.84. The number of fused-ring (bicyclic) bond motifs is 1. The maximum atomic E-state index is 12.1. The third kappa shape index (κ3) is 5.10. The third-order valence-electron chi connectivity index (χ3n) is 4.23. The second-order valence-corrected chi connectivity index (χ2v) is 6.40. The Kier molecular flexibility index (Phi) is 6.66. The Hall–Kier alpha value is -1.81. The zero-order valence-corrected chi connectivity index (χ0v) is 14.2. The van der Waals surface area contributed by atoms with Crippen LogP contribution in [0.4, 0.5) is 0 Å². The van der Waals surface area contributed by atoms with E-state index in [1.54, 1.807) is 0 Å². The molecule has 2 aromatic rings. The van der Waals surface area contributed by atoms with E-state index >= 15 is 0 Å². The minimum absolute atomic E-state index is 0.308. The van der Waals surface area contributed by atoms with Crippen molar-refractivity contribution in [3.8, 4) is 0 Å². The molecule has 0 aliphatic carbocycles. The number of unbranched alkanes of at least 4 members (excludes halogenated alkanes) is 2. The van der Waals surface area contributed by atoms with Crippen LogP contribution >= 0.6 is 0 Å². The number of aromatic amines is 1. The van der Waals surface area contributed by atoms with Gasteiger partial charge in [0.25, 0.3) is 0 Å². The molecule has 2 rings (SSSR count). The molecule has 0 saturated carbocycles. The van der Waals surface area contributed by atoms with Crippen molar-refractivity contribution in [2.75, 3.05) is 6.61 Å². The van der Waals surface area contributed by atoms with Crippen LogP contribution in [0.5, 0.6) is 0 Å². The van der Waals surface area contributed by atoms with E-state index in [9.17, 15) is 4.79 Å². The number of H-pyrrole nitrogens is 1. The lowest BCUT2D eigenvalue weighted by Crippen LogP contribution is -2.35. The first-order valence-corrected chi connectivity index (χ1v) is 8.59. The average Bonchev–Trinajstić information content (AvgIpc) is 2.96. The van der Waals surface area contributed by atoms with Crippen LogP contribution in [0, 0.1) is 5.92 Å². The average molecular weight is 316 g/mol. The van der Waals surface area contributed by atoms with Gasteiger partial charge in [0.15, 0.2) is 0 Å². The van der Waals surface area contributed by atoms with Crippen molar-refractivity contribution in [2.45, 2.75) is 52.0 Å². The highest BCUT2D eigenvalue weighted by Crippen LogP contribution is 2.19. The summed E-state index contributed by atoms with van der Waals surface area (Å²) in [6.07, 6.45) is 7.15. The standard InChI is InChI=1S/C19H28N2O2/c1-3-4-5-8-14(2)13-23-19(22)17(20)11-15-12-21-18-10-7-6-9-16(15)18/h6-7,9-10,12,14,17,21H,3-5,8,11,13,20H2,1-2H3/t14?,17-/m0/s1. The topological polar surface area (TPSA) is 68.1 Å². The van der Waals surface area contributed by atoms with Crippen molar-refractivity contribution >= 4 is 16.9 Å². The lowest BCUT2D eigenvalue weighted by Gasteiger charge is -2.15. The van der Waals surface area contributed by atoms with Gasteiger partial charge >= 0.3 is 5.97 Å². The molecule has 3 N–H and O–H groups in total. The minimum atomic E-state index is -0.614. The molecule has 1 aromatic heterocycles. The van der Waals surface area contributed by atoms with Gasteiger partial charge < -0.3 is 15.5 Å². The van der Waals surface area contributed by atoms with Gasteiger partial charge in [-0.1, -0.05) is 51.3 Å². The lowest BCUT2D eigenvalue weighted by molar-refractivity contribution is -0.146. The van der Waals surface area contributed by atoms with Crippen LogP contribution < -0.4 is 5.73 Å². The number of nitrogens with two attached hydrogens (primary N) is 1. The Balaban J connectivity index is 1.81. The summed E-state index contributed by atoms with van der Waals surface area (Å²) >= 11 is 0. The van der Waals surface area contributed by atoms with E-state index < -0.39 is 6.04 Å². The number of hydrogen-bond donors (Lipinski definition) is 2. The first-order valence-electron chi connectivity index (χ1n) is 8.59. The molecule has 2 atom stereocenters. The first-order chi connectivity index (χ1) is 11.1. The fraction of sp³-hybridized carbons (Fsp3) is 0.526. The number of hydrogen-bond acceptors (Lipinski definition) is 3. The van der Waals surface area contributed by atoms with E-state index in [1.807, 2.05) is 30.5 Å². The molecule has 0 amide bonds. The molecular weight excluding hydrogens is 288 g/mol. The van der Waals surface area contributed by atoms with Crippen molar-refractivity contribution in [1.29, 1.82) is 0 Å². The summed E-state index contributed by atoms with van der Waals surface area (Å²) in [5.74, 6) is 0.0865. The molecule has 1 heterocycles. The number of esters is 1. The van der Waals surface area contributed by atoms with Crippen LogP contribution in [0.2, 0.25) is 0 Å². The number of carbonyl (C=O) groups is 1. The molecular formula is C19H28N2O2. The maximum absolute atomic E-state index is 12.1. The number of ether oxygens (including phenoxy) is 1. The van der Waals surface area contributed by atoms with E-state index in [4.69, 9.17) is 10.5 Å². The summed E-state index contributed by atoms with van der Waals surface area (Å²) in [7, 11) is 0. The molecule has 0 spiro atoms. The highest BCUT2D eigenvalue weighted by Gasteiger charge is 2.18. The Labute approximate surface area is 138 Å². The molecule has 0 aliphatic heterocycles. The predicted octanol–water partition coefficient (Wildman–Crippen LogP) is 3.80. The molecule has 1 unspecified atom stereocenters. The number of rotatable bonds is 9. The summed E-state index contributed by atoms with van der Waals surface area (Å²) in [6, 6.07) is 7.41. The second-order valence-electron chi connectivity index (χ2n) is 6.40. The van der Waals surface area contributed by atoms with Gasteiger partial charge in [0.2, 0.25) is 0 Å². The molecule has 4 nitrogen and oxygen atoms in total. The van der Waals surface area contributed by atoms with Crippen LogP contribution in [0.25, 0.3) is 10.9 Å². The summed E-state index contributed by atoms with van der Waals surface area (Å²) < 4.78 is 5.38. The van der Waals surface area contributed by atoms with Crippen LogP contribution in [-0.2, 0) is 16.0 Å². The third-order valence-corrected chi connectivity index (χ3v) is 4.23. The molecule has 4 heteroatoms. The minimum Gasteiger partial charge on any atom is -0.464 e. The number of carbonyl (C=O) groups excluding carboxylic acids is 1. The summed E-state index contributed by atoms with van der Waals surface area (Å²) in [4.78, 5) is 15.3. The number of nitrogens with one attached hydrogen (secondary N) is 1. The maximum Gasteiger partial charge on any atom is 0.323 e. The largest absolute Gasteiger partial charge is 0.464 e. The second kappa shape index (κ2) is 8.73. The quantitative estimate of drug-likeness (QED) is 0.546.